The average Bonchev–Trinajstić information content (AvgIpc) is 3.22. The summed E-state index contributed by atoms with van der Waals surface area (Å²) in [6.45, 7) is 3.73. The molecule has 8 nitrogen and oxygen atoms in total. The number of aromatic nitrogens is 3. The molecular weight excluding hydrogens is 358 g/mol. The summed E-state index contributed by atoms with van der Waals surface area (Å²) in [5, 5.41) is 3.25. The Morgan fingerprint density at radius 3 is 3.07 bits per heavy atom. The second-order valence-electron chi connectivity index (χ2n) is 7.02. The SMILES string of the molecule is CCC[n+]1c(N)c(C(=O)NC[C@@H]2CCCO2)cc2c(=O)n3ccccc3nc21. The monoisotopic (exact) mass is 382 g/mol. The maximum absolute atomic E-state index is 13.0. The number of amides is 1. The predicted molar refractivity (Wildman–Crippen MR) is 105 cm³/mol. The number of aryl methyl sites for hydroxylation is 1. The fourth-order valence-corrected chi connectivity index (χ4v) is 3.64. The van der Waals surface area contributed by atoms with Gasteiger partial charge in [0.25, 0.3) is 17.1 Å². The molecule has 0 unspecified atom stereocenters. The normalized spacial score (nSPS) is 16.7. The van der Waals surface area contributed by atoms with Crippen LogP contribution in [-0.4, -0.2) is 34.5 Å². The summed E-state index contributed by atoms with van der Waals surface area (Å²) in [5.41, 5.74) is 7.43. The lowest BCUT2D eigenvalue weighted by atomic mass is 10.1. The zero-order chi connectivity index (χ0) is 19.7. The molecule has 1 atom stereocenters. The lowest BCUT2D eigenvalue weighted by Gasteiger charge is -2.13. The summed E-state index contributed by atoms with van der Waals surface area (Å²) in [4.78, 5) is 30.4. The molecule has 28 heavy (non-hydrogen) atoms. The highest BCUT2D eigenvalue weighted by Crippen LogP contribution is 2.16. The molecule has 1 fully saturated rings. The number of rotatable bonds is 5. The van der Waals surface area contributed by atoms with Crippen LogP contribution in [0.2, 0.25) is 0 Å². The second-order valence-corrected chi connectivity index (χ2v) is 7.02. The van der Waals surface area contributed by atoms with Gasteiger partial charge >= 0.3 is 0 Å². The molecule has 3 aromatic heterocycles. The van der Waals surface area contributed by atoms with E-state index in [1.54, 1.807) is 29.0 Å². The van der Waals surface area contributed by atoms with Crippen LogP contribution in [0.1, 0.15) is 36.5 Å². The minimum atomic E-state index is -0.308. The first-order valence-corrected chi connectivity index (χ1v) is 9.63. The molecule has 3 N–H and O–H groups in total. The average molecular weight is 382 g/mol. The van der Waals surface area contributed by atoms with E-state index in [0.717, 1.165) is 25.9 Å². The number of nitrogen functional groups attached to an aromatic ring is 1. The van der Waals surface area contributed by atoms with Gasteiger partial charge in [0, 0.05) is 19.3 Å². The third-order valence-electron chi connectivity index (χ3n) is 5.07. The van der Waals surface area contributed by atoms with Crippen LogP contribution >= 0.6 is 0 Å². The van der Waals surface area contributed by atoms with E-state index >= 15 is 0 Å². The molecule has 146 valence electrons. The van der Waals surface area contributed by atoms with Crippen LogP contribution in [-0.2, 0) is 11.3 Å². The number of ether oxygens (including phenoxy) is 1. The minimum absolute atomic E-state index is 0.0321. The van der Waals surface area contributed by atoms with Crippen molar-refractivity contribution >= 4 is 28.4 Å². The number of hydrogen-bond donors (Lipinski definition) is 2. The van der Waals surface area contributed by atoms with Crippen molar-refractivity contribution in [2.75, 3.05) is 18.9 Å². The topological polar surface area (TPSA) is 103 Å². The Morgan fingerprint density at radius 2 is 2.32 bits per heavy atom. The van der Waals surface area contributed by atoms with Gasteiger partial charge in [0.15, 0.2) is 0 Å². The van der Waals surface area contributed by atoms with Crippen molar-refractivity contribution in [2.45, 2.75) is 38.8 Å². The van der Waals surface area contributed by atoms with Gasteiger partial charge in [-0.3, -0.25) is 14.0 Å². The molecular formula is C20H24N5O3+. The summed E-state index contributed by atoms with van der Waals surface area (Å²) in [7, 11) is 0. The molecule has 4 heterocycles. The zero-order valence-corrected chi connectivity index (χ0v) is 15.9. The lowest BCUT2D eigenvalue weighted by Crippen LogP contribution is -2.43. The number of carbonyl (C=O) groups is 1. The fraction of sp³-hybridized carbons (Fsp3) is 0.400. The van der Waals surface area contributed by atoms with Gasteiger partial charge in [-0.15, -0.1) is 0 Å². The lowest BCUT2D eigenvalue weighted by molar-refractivity contribution is -0.658. The van der Waals surface area contributed by atoms with E-state index < -0.39 is 0 Å². The molecule has 1 saturated heterocycles. The smallest absolute Gasteiger partial charge is 0.278 e. The van der Waals surface area contributed by atoms with E-state index in [2.05, 4.69) is 10.3 Å². The Hall–Kier alpha value is -3.00. The van der Waals surface area contributed by atoms with E-state index in [4.69, 9.17) is 10.5 Å². The van der Waals surface area contributed by atoms with E-state index in [0.29, 0.717) is 35.6 Å². The van der Waals surface area contributed by atoms with Gasteiger partial charge in [-0.25, -0.2) is 4.57 Å². The number of anilines is 1. The van der Waals surface area contributed by atoms with Crippen LogP contribution in [0.5, 0.6) is 0 Å². The molecule has 0 spiro atoms. The Kier molecular flexibility index (Phi) is 4.95. The number of hydrogen-bond acceptors (Lipinski definition) is 5. The number of nitrogens with two attached hydrogens (primary N) is 1. The maximum Gasteiger partial charge on any atom is 0.278 e. The van der Waals surface area contributed by atoms with Crippen molar-refractivity contribution < 1.29 is 14.1 Å². The van der Waals surface area contributed by atoms with Crippen molar-refractivity contribution in [3.05, 3.63) is 46.4 Å². The fourth-order valence-electron chi connectivity index (χ4n) is 3.64. The number of nitrogens with zero attached hydrogens (tertiary/aromatic N) is 3. The molecule has 1 amide bonds. The summed E-state index contributed by atoms with van der Waals surface area (Å²) >= 11 is 0. The first kappa shape index (κ1) is 18.4. The Labute approximate surface area is 161 Å². The second kappa shape index (κ2) is 7.55. The van der Waals surface area contributed by atoms with Crippen molar-refractivity contribution in [1.82, 2.24) is 14.7 Å². The van der Waals surface area contributed by atoms with Gasteiger partial charge in [-0.1, -0.05) is 18.0 Å². The van der Waals surface area contributed by atoms with Crippen LogP contribution in [0.25, 0.3) is 16.7 Å². The van der Waals surface area contributed by atoms with E-state index in [1.807, 2.05) is 13.0 Å². The highest BCUT2D eigenvalue weighted by molar-refractivity contribution is 6.00. The summed E-state index contributed by atoms with van der Waals surface area (Å²) in [6, 6.07) is 6.93. The number of nitrogens with one attached hydrogen (secondary N) is 1. The van der Waals surface area contributed by atoms with Crippen molar-refractivity contribution in [3.8, 4) is 0 Å². The molecule has 8 heteroatoms. The quantitative estimate of drug-likeness (QED) is 0.507. The molecule has 0 saturated carbocycles. The van der Waals surface area contributed by atoms with Gasteiger partial charge in [-0.2, -0.15) is 0 Å². The molecule has 1 aliphatic heterocycles. The molecule has 0 aromatic carbocycles. The first-order chi connectivity index (χ1) is 13.6. The number of pyridine rings is 2. The van der Waals surface area contributed by atoms with Crippen LogP contribution in [0, 0.1) is 0 Å². The summed E-state index contributed by atoms with van der Waals surface area (Å²) in [5.74, 6) is 0.00341. The highest BCUT2D eigenvalue weighted by atomic mass is 16.5. The van der Waals surface area contributed by atoms with Gasteiger partial charge in [-0.05, 0) is 37.5 Å². The van der Waals surface area contributed by atoms with Gasteiger partial charge in [0.05, 0.1) is 12.6 Å². The highest BCUT2D eigenvalue weighted by Gasteiger charge is 2.25. The Bertz CT molecular complexity index is 1100. The zero-order valence-electron chi connectivity index (χ0n) is 15.9. The summed E-state index contributed by atoms with van der Waals surface area (Å²) in [6.07, 6.45) is 4.43. The van der Waals surface area contributed by atoms with Crippen LogP contribution in [0.4, 0.5) is 5.82 Å². The Balaban J connectivity index is 1.83. The molecule has 0 radical (unpaired) electrons. The first-order valence-electron chi connectivity index (χ1n) is 9.63. The molecule has 4 rings (SSSR count). The van der Waals surface area contributed by atoms with Crippen LogP contribution in [0.15, 0.2) is 35.3 Å². The predicted octanol–water partition coefficient (Wildman–Crippen LogP) is 1.04. The van der Waals surface area contributed by atoms with Crippen molar-refractivity contribution in [2.24, 2.45) is 0 Å². The van der Waals surface area contributed by atoms with Gasteiger partial charge in [0.1, 0.15) is 10.9 Å². The molecule has 1 aliphatic rings. The third-order valence-corrected chi connectivity index (χ3v) is 5.07. The standard InChI is InChI=1S/C20H23N5O3/c1-2-8-25-17(21)14(19(26)22-12-13-6-5-10-28-13)11-15-18(25)23-16-7-3-4-9-24(16)20(15)27/h3-4,7,9,11,13,21H,2,5-6,8,10,12H2,1H3,(H,22,26)/p+1/t13-/m0/s1. The van der Waals surface area contributed by atoms with E-state index in [-0.39, 0.29) is 23.1 Å². The van der Waals surface area contributed by atoms with Crippen LogP contribution < -0.4 is 21.2 Å². The van der Waals surface area contributed by atoms with E-state index in [9.17, 15) is 9.59 Å². The van der Waals surface area contributed by atoms with Gasteiger partial charge in [0.2, 0.25) is 11.5 Å². The molecule has 0 aliphatic carbocycles. The van der Waals surface area contributed by atoms with E-state index in [1.165, 1.54) is 4.40 Å². The maximum atomic E-state index is 13.0. The largest absolute Gasteiger partial charge is 0.376 e. The minimum Gasteiger partial charge on any atom is -0.376 e. The molecule has 0 bridgehead atoms. The van der Waals surface area contributed by atoms with Gasteiger partial charge < -0.3 is 15.8 Å². The number of carbonyl (C=O) groups excluding carboxylic acids is 1. The van der Waals surface area contributed by atoms with Crippen molar-refractivity contribution in [3.63, 3.8) is 0 Å². The number of fused-ring (bicyclic) bond motifs is 2. The van der Waals surface area contributed by atoms with Crippen molar-refractivity contribution in [1.29, 1.82) is 0 Å². The summed E-state index contributed by atoms with van der Waals surface area (Å²) < 4.78 is 8.78. The Morgan fingerprint density at radius 1 is 1.46 bits per heavy atom. The van der Waals surface area contributed by atoms with Crippen LogP contribution in [0.3, 0.4) is 0 Å². The molecule has 3 aromatic rings. The third kappa shape index (κ3) is 3.20.